The quantitative estimate of drug-likeness (QED) is 0.523. The average Bonchev–Trinajstić information content (AvgIpc) is 2.96. The molecule has 2 aromatic carbocycles. The van der Waals surface area contributed by atoms with Crippen LogP contribution in [0.15, 0.2) is 41.3 Å². The van der Waals surface area contributed by atoms with Crippen LogP contribution in [0.2, 0.25) is 0 Å². The van der Waals surface area contributed by atoms with E-state index in [0.29, 0.717) is 10.7 Å². The molecule has 1 heterocycles. The van der Waals surface area contributed by atoms with Crippen LogP contribution in [0, 0.1) is 5.82 Å². The smallest absolute Gasteiger partial charge is 0.293 e. The molecule has 7 heteroatoms. The lowest BCUT2D eigenvalue weighted by atomic mass is 9.78. The summed E-state index contributed by atoms with van der Waals surface area (Å²) in [4.78, 5) is 26.8. The Morgan fingerprint density at radius 2 is 1.55 bits per heavy atom. The van der Waals surface area contributed by atoms with Crippen LogP contribution in [0.3, 0.4) is 0 Å². The maximum absolute atomic E-state index is 13.0. The van der Waals surface area contributed by atoms with E-state index in [4.69, 9.17) is 4.74 Å². The number of hydrogen-bond acceptors (Lipinski definition) is 5. The summed E-state index contributed by atoms with van der Waals surface area (Å²) in [6.45, 7) is 12.3. The van der Waals surface area contributed by atoms with Crippen molar-refractivity contribution in [2.24, 2.45) is 0 Å². The van der Waals surface area contributed by atoms with E-state index in [2.05, 4.69) is 0 Å². The maximum atomic E-state index is 13.0. The van der Waals surface area contributed by atoms with Gasteiger partial charge in [-0.2, -0.15) is 0 Å². The van der Waals surface area contributed by atoms with Gasteiger partial charge in [-0.1, -0.05) is 41.5 Å². The van der Waals surface area contributed by atoms with Crippen LogP contribution in [-0.2, 0) is 15.6 Å². The molecule has 1 aliphatic heterocycles. The largest absolute Gasteiger partial charge is 0.507 e. The Morgan fingerprint density at radius 1 is 1.00 bits per heavy atom. The van der Waals surface area contributed by atoms with Crippen molar-refractivity contribution in [2.45, 2.75) is 52.4 Å². The normalized spacial score (nSPS) is 16.1. The number of benzene rings is 2. The topological polar surface area (TPSA) is 66.8 Å². The van der Waals surface area contributed by atoms with Gasteiger partial charge in [0.25, 0.3) is 11.1 Å². The predicted molar refractivity (Wildman–Crippen MR) is 130 cm³/mol. The summed E-state index contributed by atoms with van der Waals surface area (Å²) < 4.78 is 18.5. The molecule has 176 valence electrons. The first kappa shape index (κ1) is 24.8. The molecular formula is C26H30FNO4S. The Labute approximate surface area is 198 Å². The summed E-state index contributed by atoms with van der Waals surface area (Å²) in [6, 6.07) is 9.30. The molecule has 0 aliphatic carbocycles. The highest BCUT2D eigenvalue weighted by atomic mass is 32.2. The lowest BCUT2D eigenvalue weighted by molar-refractivity contribution is -0.123. The molecule has 1 fully saturated rings. The average molecular weight is 472 g/mol. The lowest BCUT2D eigenvalue weighted by Crippen LogP contribution is -2.32. The van der Waals surface area contributed by atoms with Crippen molar-refractivity contribution in [3.8, 4) is 11.5 Å². The Morgan fingerprint density at radius 3 is 2.06 bits per heavy atom. The number of thioether (sulfide) groups is 1. The highest BCUT2D eigenvalue weighted by Gasteiger charge is 2.35. The zero-order valence-corrected chi connectivity index (χ0v) is 20.7. The van der Waals surface area contributed by atoms with Gasteiger partial charge >= 0.3 is 0 Å². The number of halogens is 1. The molecule has 0 spiro atoms. The van der Waals surface area contributed by atoms with Gasteiger partial charge in [0.15, 0.2) is 0 Å². The van der Waals surface area contributed by atoms with Crippen LogP contribution in [-0.4, -0.2) is 34.3 Å². The number of amides is 2. The molecule has 2 amide bonds. The van der Waals surface area contributed by atoms with Crippen LogP contribution in [0.5, 0.6) is 11.5 Å². The van der Waals surface area contributed by atoms with Crippen molar-refractivity contribution in [3.05, 3.63) is 63.8 Å². The predicted octanol–water partition coefficient (Wildman–Crippen LogP) is 6.24. The van der Waals surface area contributed by atoms with Crippen molar-refractivity contribution < 1.29 is 23.8 Å². The highest BCUT2D eigenvalue weighted by molar-refractivity contribution is 8.18. The first-order valence-corrected chi connectivity index (χ1v) is 11.6. The maximum Gasteiger partial charge on any atom is 0.293 e. The number of nitrogens with zero attached hydrogens (tertiary/aromatic N) is 1. The number of ether oxygens (including phenoxy) is 1. The second kappa shape index (κ2) is 9.21. The molecule has 1 saturated heterocycles. The summed E-state index contributed by atoms with van der Waals surface area (Å²) in [5.41, 5.74) is 1.73. The van der Waals surface area contributed by atoms with E-state index in [1.54, 1.807) is 6.08 Å². The number of hydrogen-bond donors (Lipinski definition) is 1. The molecule has 0 unspecified atom stereocenters. The Bertz CT molecular complexity index is 1060. The summed E-state index contributed by atoms with van der Waals surface area (Å²) in [7, 11) is 0. The van der Waals surface area contributed by atoms with E-state index >= 15 is 0 Å². The highest BCUT2D eigenvalue weighted by Crippen LogP contribution is 2.41. The minimum Gasteiger partial charge on any atom is -0.507 e. The van der Waals surface area contributed by atoms with Gasteiger partial charge in [0.2, 0.25) is 0 Å². The monoisotopic (exact) mass is 471 g/mol. The Hall–Kier alpha value is -2.80. The van der Waals surface area contributed by atoms with Crippen molar-refractivity contribution in [3.63, 3.8) is 0 Å². The van der Waals surface area contributed by atoms with E-state index in [1.807, 2.05) is 53.7 Å². The van der Waals surface area contributed by atoms with E-state index in [1.165, 1.54) is 24.3 Å². The molecule has 0 bridgehead atoms. The molecule has 2 aromatic rings. The molecule has 0 aromatic heterocycles. The Kier molecular flexibility index (Phi) is 6.93. The molecule has 0 radical (unpaired) electrons. The van der Waals surface area contributed by atoms with E-state index in [9.17, 15) is 19.1 Å². The van der Waals surface area contributed by atoms with Crippen molar-refractivity contribution in [1.82, 2.24) is 4.90 Å². The van der Waals surface area contributed by atoms with Crippen molar-refractivity contribution >= 4 is 29.0 Å². The van der Waals surface area contributed by atoms with Crippen LogP contribution in [0.1, 0.15) is 58.2 Å². The SMILES string of the molecule is CC(C)(C)c1cc(/C=C2\SC(=O)N(CCOc3ccc(F)cc3)C2=O)cc(C(C)(C)C)c1O. The zero-order chi connectivity index (χ0) is 24.6. The van der Waals surface area contributed by atoms with Gasteiger partial charge in [-0.15, -0.1) is 0 Å². The van der Waals surface area contributed by atoms with Gasteiger partial charge in [-0.25, -0.2) is 4.39 Å². The summed E-state index contributed by atoms with van der Waals surface area (Å²) in [5, 5.41) is 10.5. The van der Waals surface area contributed by atoms with E-state index in [0.717, 1.165) is 33.4 Å². The lowest BCUT2D eigenvalue weighted by Gasteiger charge is -2.28. The number of imide groups is 1. The summed E-state index contributed by atoms with van der Waals surface area (Å²) in [5.74, 6) is -0.0158. The minimum atomic E-state index is -0.379. The number of carbonyl (C=O) groups is 2. The number of carbonyl (C=O) groups excluding carboxylic acids is 2. The number of aromatic hydroxyl groups is 1. The first-order valence-electron chi connectivity index (χ1n) is 10.8. The fourth-order valence-electron chi connectivity index (χ4n) is 3.51. The zero-order valence-electron chi connectivity index (χ0n) is 19.9. The standard InChI is InChI=1S/C26H30FNO4S/c1-25(2,3)19-13-16(14-20(22(19)29)26(4,5)6)15-21-23(30)28(24(31)33-21)11-12-32-18-9-7-17(27)8-10-18/h7-10,13-15,29H,11-12H2,1-6H3/b21-15-. The van der Waals surface area contributed by atoms with Crippen molar-refractivity contribution in [2.75, 3.05) is 13.2 Å². The molecule has 0 atom stereocenters. The van der Waals surface area contributed by atoms with Crippen LogP contribution in [0.25, 0.3) is 6.08 Å². The molecule has 33 heavy (non-hydrogen) atoms. The van der Waals surface area contributed by atoms with Gasteiger partial charge in [-0.05, 0) is 70.6 Å². The fraction of sp³-hybridized carbons (Fsp3) is 0.385. The molecule has 1 N–H and O–H groups in total. The minimum absolute atomic E-state index is 0.0927. The Balaban J connectivity index is 1.82. The second-order valence-electron chi connectivity index (χ2n) is 10.1. The first-order chi connectivity index (χ1) is 15.3. The second-order valence-corrected chi connectivity index (χ2v) is 11.1. The summed E-state index contributed by atoms with van der Waals surface area (Å²) >= 11 is 0.887. The third-order valence-electron chi connectivity index (χ3n) is 5.32. The molecule has 5 nitrogen and oxygen atoms in total. The third kappa shape index (κ3) is 5.77. The fourth-order valence-corrected chi connectivity index (χ4v) is 4.38. The molecule has 1 aliphatic rings. The van der Waals surface area contributed by atoms with Crippen molar-refractivity contribution in [1.29, 1.82) is 0 Å². The number of phenolic OH excluding ortho intramolecular Hbond substituents is 1. The third-order valence-corrected chi connectivity index (χ3v) is 6.22. The molecule has 3 rings (SSSR count). The van der Waals surface area contributed by atoms with Crippen LogP contribution in [0.4, 0.5) is 9.18 Å². The number of phenols is 1. The number of rotatable bonds is 5. The van der Waals surface area contributed by atoms with E-state index in [-0.39, 0.29) is 46.7 Å². The van der Waals surface area contributed by atoms with Crippen LogP contribution >= 0.6 is 11.8 Å². The molecular weight excluding hydrogens is 441 g/mol. The van der Waals surface area contributed by atoms with Gasteiger partial charge in [0, 0.05) is 11.1 Å². The molecule has 0 saturated carbocycles. The van der Waals surface area contributed by atoms with Gasteiger partial charge in [0.1, 0.15) is 23.9 Å². The van der Waals surface area contributed by atoms with Gasteiger partial charge < -0.3 is 9.84 Å². The van der Waals surface area contributed by atoms with E-state index < -0.39 is 0 Å². The summed E-state index contributed by atoms with van der Waals surface area (Å²) in [6.07, 6.45) is 1.70. The van der Waals surface area contributed by atoms with Crippen LogP contribution < -0.4 is 4.74 Å². The van der Waals surface area contributed by atoms with Gasteiger partial charge in [0.05, 0.1) is 11.4 Å². The van der Waals surface area contributed by atoms with Gasteiger partial charge in [-0.3, -0.25) is 14.5 Å².